The molecular weight excluding hydrogens is 242 g/mol. The first-order chi connectivity index (χ1) is 9.06. The summed E-state index contributed by atoms with van der Waals surface area (Å²) in [5.74, 6) is 0.728. The number of aliphatic hydroxyl groups is 1. The van der Waals surface area contributed by atoms with Gasteiger partial charge in [-0.3, -0.25) is 0 Å². The van der Waals surface area contributed by atoms with Crippen LogP contribution in [0.25, 0.3) is 0 Å². The molecule has 0 aromatic heterocycles. The first-order valence-electron chi connectivity index (χ1n) is 6.75. The molecule has 0 radical (unpaired) electrons. The van der Waals surface area contributed by atoms with Crippen LogP contribution >= 0.6 is 0 Å². The Labute approximate surface area is 114 Å². The number of likely N-dealkylation sites (N-methyl/N-ethyl adjacent to an activating group) is 1. The van der Waals surface area contributed by atoms with Crippen molar-refractivity contribution >= 4 is 5.69 Å². The fraction of sp³-hybridized carbons (Fsp3) is 0.600. The van der Waals surface area contributed by atoms with Gasteiger partial charge in [0, 0.05) is 24.9 Å². The van der Waals surface area contributed by atoms with Gasteiger partial charge in [0.05, 0.1) is 25.4 Å². The van der Waals surface area contributed by atoms with Gasteiger partial charge in [-0.1, -0.05) is 6.07 Å². The van der Waals surface area contributed by atoms with E-state index in [1.165, 1.54) is 0 Å². The van der Waals surface area contributed by atoms with Crippen LogP contribution in [0.4, 0.5) is 5.69 Å². The molecule has 0 spiro atoms. The SMILES string of the molecule is COc1cccc(N(C)C2CCOC2C)c1[C@@H](C)O. The molecule has 2 unspecified atom stereocenters. The second-order valence-electron chi connectivity index (χ2n) is 5.11. The van der Waals surface area contributed by atoms with E-state index in [2.05, 4.69) is 18.9 Å². The Morgan fingerprint density at radius 3 is 2.74 bits per heavy atom. The average molecular weight is 265 g/mol. The van der Waals surface area contributed by atoms with E-state index in [1.54, 1.807) is 14.0 Å². The molecule has 1 aliphatic rings. The van der Waals surface area contributed by atoms with Crippen molar-refractivity contribution in [2.24, 2.45) is 0 Å². The van der Waals surface area contributed by atoms with E-state index in [0.29, 0.717) is 6.04 Å². The number of rotatable bonds is 4. The molecule has 0 saturated carbocycles. The van der Waals surface area contributed by atoms with Gasteiger partial charge < -0.3 is 19.5 Å². The zero-order valence-electron chi connectivity index (χ0n) is 12.1. The third-order valence-corrected chi connectivity index (χ3v) is 3.89. The van der Waals surface area contributed by atoms with Crippen molar-refractivity contribution in [3.63, 3.8) is 0 Å². The van der Waals surface area contributed by atoms with Crippen LogP contribution in [0.15, 0.2) is 18.2 Å². The summed E-state index contributed by atoms with van der Waals surface area (Å²) >= 11 is 0. The quantitative estimate of drug-likeness (QED) is 0.907. The van der Waals surface area contributed by atoms with Crippen molar-refractivity contribution in [2.45, 2.75) is 38.5 Å². The summed E-state index contributed by atoms with van der Waals surface area (Å²) in [5, 5.41) is 10.0. The Balaban J connectivity index is 2.38. The van der Waals surface area contributed by atoms with Gasteiger partial charge in [-0.15, -0.1) is 0 Å². The number of anilines is 1. The molecule has 0 amide bonds. The topological polar surface area (TPSA) is 41.9 Å². The number of hydrogen-bond donors (Lipinski definition) is 1. The number of methoxy groups -OCH3 is 1. The van der Waals surface area contributed by atoms with Gasteiger partial charge in [0.15, 0.2) is 0 Å². The predicted octanol–water partition coefficient (Wildman–Crippen LogP) is 2.36. The number of aliphatic hydroxyl groups excluding tert-OH is 1. The van der Waals surface area contributed by atoms with Gasteiger partial charge in [-0.25, -0.2) is 0 Å². The summed E-state index contributed by atoms with van der Waals surface area (Å²) in [6, 6.07) is 6.20. The number of hydrogen-bond acceptors (Lipinski definition) is 4. The monoisotopic (exact) mass is 265 g/mol. The fourth-order valence-corrected chi connectivity index (χ4v) is 2.85. The van der Waals surface area contributed by atoms with Crippen molar-refractivity contribution in [3.8, 4) is 5.75 Å². The third-order valence-electron chi connectivity index (χ3n) is 3.89. The highest BCUT2D eigenvalue weighted by molar-refractivity contribution is 5.60. The van der Waals surface area contributed by atoms with E-state index >= 15 is 0 Å². The van der Waals surface area contributed by atoms with Crippen LogP contribution in [-0.4, -0.2) is 38.0 Å². The van der Waals surface area contributed by atoms with Crippen molar-refractivity contribution in [2.75, 3.05) is 25.7 Å². The van der Waals surface area contributed by atoms with Crippen molar-refractivity contribution in [1.29, 1.82) is 0 Å². The maximum atomic E-state index is 10.0. The van der Waals surface area contributed by atoms with Crippen LogP contribution in [0.1, 0.15) is 31.9 Å². The van der Waals surface area contributed by atoms with Crippen LogP contribution in [0, 0.1) is 0 Å². The lowest BCUT2D eigenvalue weighted by Crippen LogP contribution is -2.37. The van der Waals surface area contributed by atoms with Crippen LogP contribution in [0.3, 0.4) is 0 Å². The van der Waals surface area contributed by atoms with Crippen molar-refractivity contribution < 1.29 is 14.6 Å². The molecule has 0 bridgehead atoms. The fourth-order valence-electron chi connectivity index (χ4n) is 2.85. The van der Waals surface area contributed by atoms with Crippen LogP contribution < -0.4 is 9.64 Å². The zero-order valence-corrected chi connectivity index (χ0v) is 12.1. The zero-order chi connectivity index (χ0) is 14.0. The Morgan fingerprint density at radius 2 is 2.21 bits per heavy atom. The summed E-state index contributed by atoms with van der Waals surface area (Å²) in [7, 11) is 3.68. The lowest BCUT2D eigenvalue weighted by Gasteiger charge is -2.31. The lowest BCUT2D eigenvalue weighted by atomic mass is 10.0. The third kappa shape index (κ3) is 2.69. The van der Waals surface area contributed by atoms with E-state index in [9.17, 15) is 5.11 Å². The first kappa shape index (κ1) is 14.2. The summed E-state index contributed by atoms with van der Waals surface area (Å²) in [4.78, 5) is 2.20. The molecule has 1 saturated heterocycles. The van der Waals surface area contributed by atoms with Crippen molar-refractivity contribution in [3.05, 3.63) is 23.8 Å². The molecule has 106 valence electrons. The molecule has 3 atom stereocenters. The van der Waals surface area contributed by atoms with Crippen LogP contribution in [0.2, 0.25) is 0 Å². The molecule has 1 fully saturated rings. The average Bonchev–Trinajstić information content (AvgIpc) is 2.83. The Hall–Kier alpha value is -1.26. The minimum atomic E-state index is -0.564. The van der Waals surface area contributed by atoms with Crippen LogP contribution in [-0.2, 0) is 4.74 Å². The number of nitrogens with zero attached hydrogens (tertiary/aromatic N) is 1. The molecule has 1 heterocycles. The van der Waals surface area contributed by atoms with Gasteiger partial charge >= 0.3 is 0 Å². The minimum absolute atomic E-state index is 0.207. The molecule has 19 heavy (non-hydrogen) atoms. The molecule has 0 aliphatic carbocycles. The van der Waals surface area contributed by atoms with E-state index in [4.69, 9.17) is 9.47 Å². The molecule has 4 nitrogen and oxygen atoms in total. The summed E-state index contributed by atoms with van der Waals surface area (Å²) in [6.07, 6.45) is 0.651. The Morgan fingerprint density at radius 1 is 1.47 bits per heavy atom. The smallest absolute Gasteiger partial charge is 0.126 e. The van der Waals surface area contributed by atoms with E-state index in [-0.39, 0.29) is 6.10 Å². The molecule has 1 aromatic rings. The molecular formula is C15H23NO3. The Kier molecular flexibility index (Phi) is 4.32. The highest BCUT2D eigenvalue weighted by Gasteiger charge is 2.30. The highest BCUT2D eigenvalue weighted by Crippen LogP contribution is 2.36. The molecule has 2 rings (SSSR count). The van der Waals surface area contributed by atoms with E-state index < -0.39 is 6.10 Å². The first-order valence-corrected chi connectivity index (χ1v) is 6.75. The summed E-state index contributed by atoms with van der Waals surface area (Å²) in [6.45, 7) is 4.66. The van der Waals surface area contributed by atoms with Gasteiger partial charge in [-0.05, 0) is 32.4 Å². The normalized spacial score (nSPS) is 24.3. The van der Waals surface area contributed by atoms with Crippen LogP contribution in [0.5, 0.6) is 5.75 Å². The minimum Gasteiger partial charge on any atom is -0.496 e. The van der Waals surface area contributed by atoms with Gasteiger partial charge in [0.25, 0.3) is 0 Å². The van der Waals surface area contributed by atoms with Gasteiger partial charge in [-0.2, -0.15) is 0 Å². The molecule has 4 heteroatoms. The molecule has 1 aromatic carbocycles. The molecule has 1 aliphatic heterocycles. The Bertz CT molecular complexity index is 433. The lowest BCUT2D eigenvalue weighted by molar-refractivity contribution is 0.118. The summed E-state index contributed by atoms with van der Waals surface area (Å²) in [5.41, 5.74) is 1.85. The van der Waals surface area contributed by atoms with Crippen molar-refractivity contribution in [1.82, 2.24) is 0 Å². The second kappa shape index (κ2) is 5.80. The van der Waals surface area contributed by atoms with Gasteiger partial charge in [0.2, 0.25) is 0 Å². The maximum Gasteiger partial charge on any atom is 0.126 e. The van der Waals surface area contributed by atoms with Gasteiger partial charge in [0.1, 0.15) is 5.75 Å². The highest BCUT2D eigenvalue weighted by atomic mass is 16.5. The standard InChI is InChI=1S/C15H23NO3/c1-10(17)15-13(6-5-7-14(15)18-4)16(3)12-8-9-19-11(12)2/h5-7,10-12,17H,8-9H2,1-4H3/t10-,11?,12?/m1/s1. The number of benzene rings is 1. The predicted molar refractivity (Wildman–Crippen MR) is 75.8 cm³/mol. The largest absolute Gasteiger partial charge is 0.496 e. The van der Waals surface area contributed by atoms with E-state index in [1.807, 2.05) is 18.2 Å². The summed E-state index contributed by atoms with van der Waals surface area (Å²) < 4.78 is 11.0. The second-order valence-corrected chi connectivity index (χ2v) is 5.11. The molecule has 1 N–H and O–H groups in total. The number of ether oxygens (including phenoxy) is 2. The van der Waals surface area contributed by atoms with E-state index in [0.717, 1.165) is 30.0 Å². The maximum absolute atomic E-state index is 10.0.